The van der Waals surface area contributed by atoms with Gasteiger partial charge in [-0.3, -0.25) is 4.79 Å². The lowest BCUT2D eigenvalue weighted by molar-refractivity contribution is -0.142. The Morgan fingerprint density at radius 1 is 1.65 bits per heavy atom. The number of rotatable bonds is 4. The first-order valence-electron chi connectivity index (χ1n) is 5.51. The molecule has 0 saturated heterocycles. The highest BCUT2D eigenvalue weighted by molar-refractivity contribution is 9.13. The first kappa shape index (κ1) is 15.5. The summed E-state index contributed by atoms with van der Waals surface area (Å²) in [6.07, 6.45) is 0.570. The molecule has 0 bridgehead atoms. The lowest BCUT2D eigenvalue weighted by atomic mass is 10.1. The molecule has 1 rings (SSSR count). The van der Waals surface area contributed by atoms with E-state index in [2.05, 4.69) is 31.9 Å². The van der Waals surface area contributed by atoms with Gasteiger partial charge in [0.05, 0.1) is 21.9 Å². The second-order valence-electron chi connectivity index (χ2n) is 4.36. The van der Waals surface area contributed by atoms with Gasteiger partial charge in [-0.2, -0.15) is 0 Å². The van der Waals surface area contributed by atoms with Crippen molar-refractivity contribution in [1.29, 1.82) is 0 Å². The SMILES string of the molecule is CCOC(=O)CCP1(=O)C=C(C)C(C)(Br)C1Br. The van der Waals surface area contributed by atoms with Crippen LogP contribution in [0.15, 0.2) is 11.4 Å². The quantitative estimate of drug-likeness (QED) is 0.414. The minimum atomic E-state index is -2.51. The molecule has 1 aliphatic heterocycles. The molecule has 0 aromatic rings. The third-order valence-electron chi connectivity index (χ3n) is 2.99. The van der Waals surface area contributed by atoms with Crippen LogP contribution in [0.2, 0.25) is 0 Å². The number of alkyl halides is 2. The molecule has 0 saturated carbocycles. The number of hydrogen-bond acceptors (Lipinski definition) is 3. The highest BCUT2D eigenvalue weighted by Gasteiger charge is 2.48. The van der Waals surface area contributed by atoms with Crippen molar-refractivity contribution in [3.05, 3.63) is 11.4 Å². The Hall–Kier alpha value is 0.400. The number of halogens is 2. The van der Waals surface area contributed by atoms with Crippen LogP contribution in [0.4, 0.5) is 0 Å². The van der Waals surface area contributed by atoms with Gasteiger partial charge in [-0.05, 0) is 26.6 Å². The lowest BCUT2D eigenvalue weighted by Crippen LogP contribution is -2.25. The van der Waals surface area contributed by atoms with Gasteiger partial charge >= 0.3 is 5.97 Å². The molecular weight excluding hydrogens is 371 g/mol. The van der Waals surface area contributed by atoms with E-state index in [-0.39, 0.29) is 21.3 Å². The van der Waals surface area contributed by atoms with Gasteiger partial charge in [0.25, 0.3) is 0 Å². The smallest absolute Gasteiger partial charge is 0.306 e. The van der Waals surface area contributed by atoms with Crippen LogP contribution in [0.25, 0.3) is 0 Å². The molecule has 0 amide bonds. The van der Waals surface area contributed by atoms with Gasteiger partial charge in [0.15, 0.2) is 0 Å². The minimum absolute atomic E-state index is 0.156. The molecule has 0 spiro atoms. The maximum absolute atomic E-state index is 12.7. The molecule has 3 nitrogen and oxygen atoms in total. The van der Waals surface area contributed by atoms with Crippen LogP contribution >= 0.6 is 39.0 Å². The monoisotopic (exact) mass is 386 g/mol. The largest absolute Gasteiger partial charge is 0.466 e. The molecule has 0 aliphatic carbocycles. The van der Waals surface area contributed by atoms with E-state index in [1.807, 2.05) is 19.7 Å². The van der Waals surface area contributed by atoms with Crippen molar-refractivity contribution in [2.45, 2.75) is 36.1 Å². The van der Waals surface area contributed by atoms with Gasteiger partial charge in [0.2, 0.25) is 0 Å². The lowest BCUT2D eigenvalue weighted by Gasteiger charge is -2.25. The minimum Gasteiger partial charge on any atom is -0.466 e. The normalized spacial score (nSPS) is 36.8. The third kappa shape index (κ3) is 3.24. The molecule has 17 heavy (non-hydrogen) atoms. The first-order chi connectivity index (χ1) is 7.74. The second-order valence-corrected chi connectivity index (χ2v) is 10.6. The fourth-order valence-electron chi connectivity index (χ4n) is 1.79. The summed E-state index contributed by atoms with van der Waals surface area (Å²) in [5, 5.41) is 0. The Bertz CT molecular complexity index is 390. The maximum Gasteiger partial charge on any atom is 0.306 e. The molecule has 0 fully saturated rings. The number of carbonyl (C=O) groups excluding carboxylic acids is 1. The summed E-state index contributed by atoms with van der Waals surface area (Å²) in [7, 11) is -2.51. The van der Waals surface area contributed by atoms with Gasteiger partial charge in [-0.1, -0.05) is 37.4 Å². The van der Waals surface area contributed by atoms with Crippen LogP contribution < -0.4 is 0 Å². The number of allylic oxidation sites excluding steroid dienone is 1. The predicted molar refractivity (Wildman–Crippen MR) is 77.5 cm³/mol. The zero-order chi connectivity index (χ0) is 13.3. The van der Waals surface area contributed by atoms with Gasteiger partial charge in [-0.25, -0.2) is 0 Å². The summed E-state index contributed by atoms with van der Waals surface area (Å²) < 4.78 is 17.1. The predicted octanol–water partition coefficient (Wildman–Crippen LogP) is 4.09. The van der Waals surface area contributed by atoms with E-state index in [4.69, 9.17) is 4.74 Å². The number of hydrogen-bond donors (Lipinski definition) is 0. The van der Waals surface area contributed by atoms with E-state index < -0.39 is 7.14 Å². The second kappa shape index (κ2) is 5.58. The summed E-state index contributed by atoms with van der Waals surface area (Å²) in [6.45, 7) is 6.07. The number of esters is 1. The Kier molecular flexibility index (Phi) is 5.07. The van der Waals surface area contributed by atoms with Gasteiger partial charge in [-0.15, -0.1) is 0 Å². The van der Waals surface area contributed by atoms with E-state index in [0.29, 0.717) is 12.8 Å². The van der Waals surface area contributed by atoms with Crippen LogP contribution in [-0.4, -0.2) is 27.6 Å². The molecule has 0 radical (unpaired) electrons. The first-order valence-corrected chi connectivity index (χ1v) is 9.25. The molecule has 0 aromatic carbocycles. The van der Waals surface area contributed by atoms with Crippen molar-refractivity contribution in [3.8, 4) is 0 Å². The van der Waals surface area contributed by atoms with Crippen LogP contribution in [0, 0.1) is 0 Å². The van der Waals surface area contributed by atoms with Gasteiger partial charge in [0, 0.05) is 6.16 Å². The highest BCUT2D eigenvalue weighted by Crippen LogP contribution is 2.67. The van der Waals surface area contributed by atoms with Crippen molar-refractivity contribution in [1.82, 2.24) is 0 Å². The standard InChI is InChI=1S/C11H17Br2O3P/c1-4-16-9(14)5-6-17(15)7-8(2)11(3,13)10(17)12/h7,10H,4-6H2,1-3H3. The molecule has 1 heterocycles. The third-order valence-corrected chi connectivity index (χ3v) is 11.1. The van der Waals surface area contributed by atoms with Crippen LogP contribution in [0.5, 0.6) is 0 Å². The van der Waals surface area contributed by atoms with Crippen molar-refractivity contribution in [2.24, 2.45) is 0 Å². The van der Waals surface area contributed by atoms with Crippen molar-refractivity contribution < 1.29 is 14.1 Å². The number of ether oxygens (including phenoxy) is 1. The summed E-state index contributed by atoms with van der Waals surface area (Å²) in [6, 6.07) is 0. The van der Waals surface area contributed by atoms with E-state index >= 15 is 0 Å². The van der Waals surface area contributed by atoms with Gasteiger partial charge in [0.1, 0.15) is 7.14 Å². The Morgan fingerprint density at radius 3 is 2.65 bits per heavy atom. The average Bonchev–Trinajstić information content (AvgIpc) is 2.39. The molecule has 1 aliphatic rings. The zero-order valence-corrected chi connectivity index (χ0v) is 14.3. The fourth-order valence-corrected chi connectivity index (χ4v) is 7.42. The summed E-state index contributed by atoms with van der Waals surface area (Å²) in [5.41, 5.74) is 1.05. The van der Waals surface area contributed by atoms with E-state index in [9.17, 15) is 9.36 Å². The molecule has 6 heteroatoms. The molecule has 3 atom stereocenters. The Morgan fingerprint density at radius 2 is 2.24 bits per heavy atom. The van der Waals surface area contributed by atoms with E-state index in [0.717, 1.165) is 5.57 Å². The molecule has 3 unspecified atom stereocenters. The molecule has 98 valence electrons. The zero-order valence-electron chi connectivity index (χ0n) is 10.2. The number of carbonyl (C=O) groups is 1. The van der Waals surface area contributed by atoms with Gasteiger partial charge < -0.3 is 9.30 Å². The molecule has 0 aromatic heterocycles. The van der Waals surface area contributed by atoms with Crippen molar-refractivity contribution >= 4 is 45.0 Å². The molecular formula is C11H17Br2O3P. The maximum atomic E-state index is 12.7. The van der Waals surface area contributed by atoms with Crippen molar-refractivity contribution in [2.75, 3.05) is 12.8 Å². The van der Waals surface area contributed by atoms with Crippen LogP contribution in [-0.2, 0) is 14.1 Å². The van der Waals surface area contributed by atoms with E-state index in [1.54, 1.807) is 6.92 Å². The van der Waals surface area contributed by atoms with E-state index in [1.165, 1.54) is 0 Å². The van der Waals surface area contributed by atoms with Crippen LogP contribution in [0.3, 0.4) is 0 Å². The topological polar surface area (TPSA) is 43.4 Å². The highest BCUT2D eigenvalue weighted by atomic mass is 79.9. The summed E-state index contributed by atoms with van der Waals surface area (Å²) >= 11 is 7.08. The Balaban J connectivity index is 2.72. The summed E-state index contributed by atoms with van der Waals surface area (Å²) in [5.74, 6) is 1.54. The summed E-state index contributed by atoms with van der Waals surface area (Å²) in [4.78, 5) is 11.3. The molecule has 0 N–H and O–H groups in total. The van der Waals surface area contributed by atoms with Crippen molar-refractivity contribution in [3.63, 3.8) is 0 Å². The fraction of sp³-hybridized carbons (Fsp3) is 0.727. The van der Waals surface area contributed by atoms with Crippen LogP contribution in [0.1, 0.15) is 27.2 Å². The average molecular weight is 388 g/mol. The Labute approximate surface area is 119 Å².